The lowest BCUT2D eigenvalue weighted by atomic mass is 9.74. The molecule has 2 amide bonds. The van der Waals surface area contributed by atoms with E-state index in [0.717, 1.165) is 31.2 Å². The molecule has 25 heavy (non-hydrogen) atoms. The van der Waals surface area contributed by atoms with Crippen molar-refractivity contribution >= 4 is 11.8 Å². The van der Waals surface area contributed by atoms with Gasteiger partial charge in [0, 0.05) is 31.7 Å². The molecule has 1 aliphatic carbocycles. The van der Waals surface area contributed by atoms with E-state index in [1.165, 1.54) is 0 Å². The van der Waals surface area contributed by atoms with Crippen LogP contribution in [0.5, 0.6) is 0 Å². The van der Waals surface area contributed by atoms with Gasteiger partial charge in [-0.15, -0.1) is 0 Å². The number of hydrogen-bond donors (Lipinski definition) is 1. The van der Waals surface area contributed by atoms with Gasteiger partial charge in [-0.25, -0.2) is 0 Å². The average molecular weight is 343 g/mol. The van der Waals surface area contributed by atoms with Crippen molar-refractivity contribution in [2.24, 2.45) is 11.7 Å². The summed E-state index contributed by atoms with van der Waals surface area (Å²) in [5.41, 5.74) is 7.02. The van der Waals surface area contributed by atoms with Gasteiger partial charge in [0.2, 0.25) is 11.8 Å². The zero-order chi connectivity index (χ0) is 17.9. The van der Waals surface area contributed by atoms with Gasteiger partial charge in [-0.2, -0.15) is 0 Å². The van der Waals surface area contributed by atoms with E-state index >= 15 is 0 Å². The molecule has 0 bridgehead atoms. The van der Waals surface area contributed by atoms with Gasteiger partial charge < -0.3 is 15.5 Å². The largest absolute Gasteiger partial charge is 0.339 e. The topological polar surface area (TPSA) is 66.6 Å². The highest BCUT2D eigenvalue weighted by atomic mass is 16.2. The number of nitrogens with zero attached hydrogens (tertiary/aromatic N) is 2. The molecule has 3 rings (SSSR count). The molecule has 1 saturated carbocycles. The molecule has 2 atom stereocenters. The Morgan fingerprint density at radius 3 is 2.36 bits per heavy atom. The Balaban J connectivity index is 1.53. The van der Waals surface area contributed by atoms with Gasteiger partial charge >= 0.3 is 0 Å². The van der Waals surface area contributed by atoms with E-state index in [2.05, 4.69) is 0 Å². The molecule has 5 nitrogen and oxygen atoms in total. The summed E-state index contributed by atoms with van der Waals surface area (Å²) in [4.78, 5) is 29.1. The summed E-state index contributed by atoms with van der Waals surface area (Å²) in [6, 6.07) is 9.81. The predicted octanol–water partition coefficient (Wildman–Crippen LogP) is 1.81. The van der Waals surface area contributed by atoms with Crippen molar-refractivity contribution in [1.29, 1.82) is 0 Å². The quantitative estimate of drug-likeness (QED) is 0.910. The van der Waals surface area contributed by atoms with Gasteiger partial charge in [0.05, 0.1) is 12.3 Å². The van der Waals surface area contributed by atoms with E-state index in [0.29, 0.717) is 32.6 Å². The van der Waals surface area contributed by atoms with Crippen LogP contribution in [0.2, 0.25) is 0 Å². The van der Waals surface area contributed by atoms with Crippen molar-refractivity contribution in [2.45, 2.75) is 44.6 Å². The SMILES string of the molecule is CC1(N)CCCCC1C(=O)N1CCN(C(=O)Cc2ccccc2)CC1. The summed E-state index contributed by atoms with van der Waals surface area (Å²) in [6.07, 6.45) is 4.42. The molecule has 2 N–H and O–H groups in total. The number of nitrogens with two attached hydrogens (primary N) is 1. The maximum Gasteiger partial charge on any atom is 0.227 e. The monoisotopic (exact) mass is 343 g/mol. The highest BCUT2D eigenvalue weighted by Crippen LogP contribution is 2.33. The summed E-state index contributed by atoms with van der Waals surface area (Å²) in [6.45, 7) is 4.48. The van der Waals surface area contributed by atoms with Crippen molar-refractivity contribution < 1.29 is 9.59 Å². The molecule has 0 aromatic heterocycles. The Morgan fingerprint density at radius 2 is 1.72 bits per heavy atom. The van der Waals surface area contributed by atoms with Crippen LogP contribution in [0, 0.1) is 5.92 Å². The summed E-state index contributed by atoms with van der Waals surface area (Å²) in [5, 5.41) is 0. The second-order valence-corrected chi connectivity index (χ2v) is 7.67. The first-order valence-corrected chi connectivity index (χ1v) is 9.37. The van der Waals surface area contributed by atoms with Crippen molar-refractivity contribution in [1.82, 2.24) is 9.80 Å². The van der Waals surface area contributed by atoms with Crippen LogP contribution in [-0.2, 0) is 16.0 Å². The zero-order valence-corrected chi connectivity index (χ0v) is 15.1. The second kappa shape index (κ2) is 7.56. The average Bonchev–Trinajstić information content (AvgIpc) is 2.62. The standard InChI is InChI=1S/C20H29N3O2/c1-20(21)10-6-5-9-17(20)19(25)23-13-11-22(12-14-23)18(24)15-16-7-3-2-4-8-16/h2-4,7-8,17H,5-6,9-15,21H2,1H3. The first-order chi connectivity index (χ1) is 12.0. The lowest BCUT2D eigenvalue weighted by molar-refractivity contribution is -0.144. The highest BCUT2D eigenvalue weighted by Gasteiger charge is 2.40. The van der Waals surface area contributed by atoms with Crippen molar-refractivity contribution in [3.8, 4) is 0 Å². The first-order valence-electron chi connectivity index (χ1n) is 9.37. The van der Waals surface area contributed by atoms with Crippen LogP contribution in [0.4, 0.5) is 0 Å². The van der Waals surface area contributed by atoms with E-state index in [1.807, 2.05) is 47.1 Å². The fraction of sp³-hybridized carbons (Fsp3) is 0.600. The summed E-state index contributed by atoms with van der Waals surface area (Å²) in [7, 11) is 0. The Hall–Kier alpha value is -1.88. The molecule has 0 spiro atoms. The third kappa shape index (κ3) is 4.21. The maximum atomic E-state index is 12.9. The van der Waals surface area contributed by atoms with Crippen LogP contribution in [-0.4, -0.2) is 53.3 Å². The molecule has 0 radical (unpaired) electrons. The first kappa shape index (κ1) is 17.9. The van der Waals surface area contributed by atoms with Crippen LogP contribution in [0.1, 0.15) is 38.2 Å². The van der Waals surface area contributed by atoms with Crippen molar-refractivity contribution in [2.75, 3.05) is 26.2 Å². The third-order valence-electron chi connectivity index (χ3n) is 5.69. The Morgan fingerprint density at radius 1 is 1.08 bits per heavy atom. The molecular formula is C20H29N3O2. The lowest BCUT2D eigenvalue weighted by Crippen LogP contribution is -2.57. The molecule has 136 valence electrons. The zero-order valence-electron chi connectivity index (χ0n) is 15.1. The molecule has 1 saturated heterocycles. The molecule has 2 fully saturated rings. The minimum Gasteiger partial charge on any atom is -0.339 e. The second-order valence-electron chi connectivity index (χ2n) is 7.67. The van der Waals surface area contributed by atoms with Crippen LogP contribution in [0.25, 0.3) is 0 Å². The van der Waals surface area contributed by atoms with E-state index in [4.69, 9.17) is 5.73 Å². The maximum absolute atomic E-state index is 12.9. The Bertz CT molecular complexity index is 607. The van der Waals surface area contributed by atoms with Crippen LogP contribution in [0.3, 0.4) is 0 Å². The number of hydrogen-bond acceptors (Lipinski definition) is 3. The Labute approximate surface area is 150 Å². The summed E-state index contributed by atoms with van der Waals surface area (Å²) < 4.78 is 0. The van der Waals surface area contributed by atoms with E-state index < -0.39 is 5.54 Å². The number of carbonyl (C=O) groups is 2. The smallest absolute Gasteiger partial charge is 0.227 e. The van der Waals surface area contributed by atoms with Crippen molar-refractivity contribution in [3.05, 3.63) is 35.9 Å². The lowest BCUT2D eigenvalue weighted by Gasteiger charge is -2.42. The molecule has 5 heteroatoms. The predicted molar refractivity (Wildman–Crippen MR) is 97.9 cm³/mol. The number of amides is 2. The van der Waals surface area contributed by atoms with E-state index in [-0.39, 0.29) is 17.7 Å². The molecular weight excluding hydrogens is 314 g/mol. The fourth-order valence-corrected chi connectivity index (χ4v) is 4.04. The van der Waals surface area contributed by atoms with Gasteiger partial charge in [-0.3, -0.25) is 9.59 Å². The third-order valence-corrected chi connectivity index (χ3v) is 5.69. The van der Waals surface area contributed by atoms with Gasteiger partial charge in [0.1, 0.15) is 0 Å². The van der Waals surface area contributed by atoms with Crippen molar-refractivity contribution in [3.63, 3.8) is 0 Å². The van der Waals surface area contributed by atoms with Crippen LogP contribution in [0.15, 0.2) is 30.3 Å². The number of carbonyl (C=O) groups excluding carboxylic acids is 2. The van der Waals surface area contributed by atoms with E-state index in [9.17, 15) is 9.59 Å². The molecule has 1 aromatic rings. The minimum atomic E-state index is -0.393. The van der Waals surface area contributed by atoms with E-state index in [1.54, 1.807) is 0 Å². The number of piperazine rings is 1. The summed E-state index contributed by atoms with van der Waals surface area (Å²) >= 11 is 0. The van der Waals surface area contributed by atoms with Gasteiger partial charge in [0.15, 0.2) is 0 Å². The van der Waals surface area contributed by atoms with Crippen LogP contribution >= 0.6 is 0 Å². The molecule has 2 aliphatic rings. The number of rotatable bonds is 3. The number of benzene rings is 1. The molecule has 1 aliphatic heterocycles. The molecule has 1 aromatic carbocycles. The fourth-order valence-electron chi connectivity index (χ4n) is 4.04. The highest BCUT2D eigenvalue weighted by molar-refractivity contribution is 5.82. The van der Waals surface area contributed by atoms with Crippen LogP contribution < -0.4 is 5.73 Å². The molecule has 2 unspecified atom stereocenters. The normalized spacial score (nSPS) is 27.2. The minimum absolute atomic E-state index is 0.0761. The van der Waals surface area contributed by atoms with Gasteiger partial charge in [-0.05, 0) is 25.3 Å². The Kier molecular flexibility index (Phi) is 5.42. The molecule has 1 heterocycles. The van der Waals surface area contributed by atoms with Gasteiger partial charge in [-0.1, -0.05) is 43.2 Å². The van der Waals surface area contributed by atoms with Gasteiger partial charge in [0.25, 0.3) is 0 Å². The summed E-state index contributed by atoms with van der Waals surface area (Å²) in [5.74, 6) is 0.243.